The first-order valence-electron chi connectivity index (χ1n) is 38.3. The largest absolute Gasteiger partial charge is 0.456 e. The second kappa shape index (κ2) is 24.0. The van der Waals surface area contributed by atoms with Crippen LogP contribution in [0.5, 0.6) is 0 Å². The summed E-state index contributed by atoms with van der Waals surface area (Å²) in [5.41, 5.74) is 27.7. The van der Waals surface area contributed by atoms with E-state index in [0.717, 1.165) is 21.9 Å². The molecule has 0 saturated carbocycles. The van der Waals surface area contributed by atoms with E-state index in [-0.39, 0.29) is 10.8 Å². The Morgan fingerprint density at radius 2 is 0.523 bits per heavy atom. The molecule has 1 heteroatoms. The third-order valence-corrected chi connectivity index (χ3v) is 24.7. The Kier molecular flexibility index (Phi) is 13.9. The number of para-hydroxylation sites is 1. The molecule has 0 saturated heterocycles. The van der Waals surface area contributed by atoms with E-state index < -0.39 is 0 Å². The predicted molar refractivity (Wildman–Crippen MR) is 465 cm³/mol. The minimum absolute atomic E-state index is 0.0451. The summed E-state index contributed by atoms with van der Waals surface area (Å²) >= 11 is 0. The van der Waals surface area contributed by atoms with Crippen molar-refractivity contribution in [1.29, 1.82) is 0 Å². The van der Waals surface area contributed by atoms with E-state index in [1.54, 1.807) is 0 Å². The molecular weight excluding hydrogens is 1310 g/mol. The smallest absolute Gasteiger partial charge is 0.135 e. The second-order valence-corrected chi connectivity index (χ2v) is 31.2. The molecule has 23 rings (SSSR count). The van der Waals surface area contributed by atoms with E-state index in [1.807, 2.05) is 12.1 Å². The first-order valence-corrected chi connectivity index (χ1v) is 38.3. The van der Waals surface area contributed by atoms with Crippen LogP contribution in [-0.2, 0) is 10.8 Å². The lowest BCUT2D eigenvalue weighted by molar-refractivity contribution is 0.661. The zero-order valence-electron chi connectivity index (χ0n) is 61.0. The molecule has 0 radical (unpaired) electrons. The van der Waals surface area contributed by atoms with Crippen molar-refractivity contribution in [3.05, 3.63) is 386 Å². The third-order valence-electron chi connectivity index (χ3n) is 24.7. The lowest BCUT2D eigenvalue weighted by Crippen LogP contribution is -2.14. The van der Waals surface area contributed by atoms with Gasteiger partial charge in [-0.15, -0.1) is 0 Å². The second-order valence-electron chi connectivity index (χ2n) is 31.2. The van der Waals surface area contributed by atoms with Gasteiger partial charge >= 0.3 is 0 Å². The molecule has 0 atom stereocenters. The quantitative estimate of drug-likeness (QED) is 0.119. The van der Waals surface area contributed by atoms with E-state index >= 15 is 0 Å². The van der Waals surface area contributed by atoms with Crippen molar-refractivity contribution >= 4 is 119 Å². The molecule has 0 amide bonds. The maximum absolute atomic E-state index is 6.16. The molecule has 2 aliphatic rings. The average molecular weight is 1390 g/mol. The summed E-state index contributed by atoms with van der Waals surface area (Å²) in [6, 6.07) is 135. The topological polar surface area (TPSA) is 13.1 Å². The van der Waals surface area contributed by atoms with Crippen molar-refractivity contribution in [3.8, 4) is 89.0 Å². The highest BCUT2D eigenvalue weighted by Crippen LogP contribution is 2.56. The normalized spacial score (nSPS) is 13.3. The molecule has 1 heterocycles. The van der Waals surface area contributed by atoms with Crippen molar-refractivity contribution < 1.29 is 4.42 Å². The van der Waals surface area contributed by atoms with E-state index in [1.165, 1.54) is 208 Å². The average Bonchev–Trinajstić information content (AvgIpc) is 1.48. The summed E-state index contributed by atoms with van der Waals surface area (Å²) in [4.78, 5) is 0. The van der Waals surface area contributed by atoms with E-state index in [9.17, 15) is 0 Å². The maximum atomic E-state index is 6.16. The molecule has 1 aromatic heterocycles. The van der Waals surface area contributed by atoms with Crippen LogP contribution in [0.3, 0.4) is 0 Å². The van der Waals surface area contributed by atoms with Crippen molar-refractivity contribution in [2.75, 3.05) is 0 Å². The van der Waals surface area contributed by atoms with Crippen LogP contribution in [0, 0.1) is 0 Å². The van der Waals surface area contributed by atoms with Gasteiger partial charge in [0.15, 0.2) is 0 Å². The third kappa shape index (κ3) is 9.53. The fourth-order valence-electron chi connectivity index (χ4n) is 19.5. The Hall–Kier alpha value is -13.5. The van der Waals surface area contributed by atoms with Crippen LogP contribution in [0.2, 0.25) is 0 Å². The highest BCUT2D eigenvalue weighted by molar-refractivity contribution is 6.29. The van der Waals surface area contributed by atoms with Gasteiger partial charge in [0, 0.05) is 21.6 Å². The number of benzene rings is 20. The molecular formula is C108H72O. The Morgan fingerprint density at radius 1 is 0.174 bits per heavy atom. The van der Waals surface area contributed by atoms with Gasteiger partial charge in [-0.1, -0.05) is 349 Å². The predicted octanol–water partition coefficient (Wildman–Crippen LogP) is 30.3. The molecule has 21 aromatic rings. The summed E-state index contributed by atoms with van der Waals surface area (Å²) in [5, 5.41) is 25.4. The number of furan rings is 1. The van der Waals surface area contributed by atoms with Gasteiger partial charge in [0.25, 0.3) is 0 Å². The van der Waals surface area contributed by atoms with Crippen LogP contribution in [0.25, 0.3) is 208 Å². The van der Waals surface area contributed by atoms with Gasteiger partial charge in [-0.2, -0.15) is 0 Å². The SMILES string of the molecule is CC1(C)c2ccc(-c3c4ccccc4c(-c4cc5ccc6ccccc6c5c5ccccc45)c4ccccc34)cc2-c2c1ccc1ccccc21.CC1(C)c2ccc(-c3ccc(-c4c5ccccc5c(-c5cccc(-c6ccc7oc8ccccc8c7c6)c5)c5ccccc45)cc3)cc2-c2c1ccc1ccccc21. The lowest BCUT2D eigenvalue weighted by Gasteiger charge is -2.22. The molecule has 0 fully saturated rings. The highest BCUT2D eigenvalue weighted by Gasteiger charge is 2.38. The monoisotopic (exact) mass is 1380 g/mol. The Labute approximate surface area is 632 Å². The molecule has 510 valence electrons. The number of fused-ring (bicyclic) bond motifs is 22. The highest BCUT2D eigenvalue weighted by atomic mass is 16.3. The van der Waals surface area contributed by atoms with Gasteiger partial charge in [0.1, 0.15) is 11.2 Å². The maximum Gasteiger partial charge on any atom is 0.135 e. The fraction of sp³-hybridized carbons (Fsp3) is 0.0556. The Balaban J connectivity index is 0.000000136. The molecule has 0 N–H and O–H groups in total. The molecule has 0 spiro atoms. The van der Waals surface area contributed by atoms with E-state index in [0.29, 0.717) is 0 Å². The van der Waals surface area contributed by atoms with Crippen molar-refractivity contribution in [1.82, 2.24) is 0 Å². The first kappa shape index (κ1) is 62.9. The summed E-state index contributed by atoms with van der Waals surface area (Å²) in [6.45, 7) is 9.48. The zero-order valence-corrected chi connectivity index (χ0v) is 61.0. The van der Waals surface area contributed by atoms with Crippen molar-refractivity contribution in [2.24, 2.45) is 0 Å². The fourth-order valence-corrected chi connectivity index (χ4v) is 19.5. The summed E-state index contributed by atoms with van der Waals surface area (Å²) in [6.07, 6.45) is 0. The molecule has 20 aromatic carbocycles. The van der Waals surface area contributed by atoms with E-state index in [4.69, 9.17) is 4.42 Å². The van der Waals surface area contributed by atoms with Gasteiger partial charge in [0.05, 0.1) is 0 Å². The minimum Gasteiger partial charge on any atom is -0.456 e. The molecule has 0 bridgehead atoms. The van der Waals surface area contributed by atoms with Gasteiger partial charge in [0.2, 0.25) is 0 Å². The Bertz CT molecular complexity index is 7350. The van der Waals surface area contributed by atoms with Crippen LogP contribution in [-0.4, -0.2) is 0 Å². The molecule has 1 nitrogen and oxygen atoms in total. The van der Waals surface area contributed by atoms with Crippen LogP contribution in [0.4, 0.5) is 0 Å². The van der Waals surface area contributed by atoms with Gasteiger partial charge in [-0.05, 0) is 251 Å². The first-order chi connectivity index (χ1) is 53.6. The molecule has 0 unspecified atom stereocenters. The van der Waals surface area contributed by atoms with Crippen molar-refractivity contribution in [3.63, 3.8) is 0 Å². The molecule has 0 aliphatic heterocycles. The van der Waals surface area contributed by atoms with Gasteiger partial charge < -0.3 is 4.42 Å². The number of hydrogen-bond acceptors (Lipinski definition) is 1. The number of rotatable bonds is 6. The lowest BCUT2D eigenvalue weighted by atomic mass is 9.81. The summed E-state index contributed by atoms with van der Waals surface area (Å²) in [5.74, 6) is 0. The Morgan fingerprint density at radius 3 is 1.08 bits per heavy atom. The zero-order chi connectivity index (χ0) is 72.4. The van der Waals surface area contributed by atoms with Crippen molar-refractivity contribution in [2.45, 2.75) is 38.5 Å². The van der Waals surface area contributed by atoms with E-state index in [2.05, 4.69) is 380 Å². The van der Waals surface area contributed by atoms with Crippen LogP contribution >= 0.6 is 0 Å². The van der Waals surface area contributed by atoms with Crippen LogP contribution in [0.1, 0.15) is 49.9 Å². The summed E-state index contributed by atoms with van der Waals surface area (Å²) < 4.78 is 6.16. The van der Waals surface area contributed by atoms with Gasteiger partial charge in [-0.3, -0.25) is 0 Å². The minimum atomic E-state index is -0.0658. The van der Waals surface area contributed by atoms with Gasteiger partial charge in [-0.25, -0.2) is 0 Å². The summed E-state index contributed by atoms with van der Waals surface area (Å²) in [7, 11) is 0. The molecule has 2 aliphatic carbocycles. The van der Waals surface area contributed by atoms with Crippen LogP contribution < -0.4 is 0 Å². The number of hydrogen-bond donors (Lipinski definition) is 0. The molecule has 109 heavy (non-hydrogen) atoms. The standard InChI is InChI=1S/C57H38O.C51H34/c1-57(2)50-29-27-39(34-49(50)56-42-15-4-3-12-36(42)26-30-51(56)57)35-22-24-37(25-23-35)54-44-17-5-7-19-46(44)55(47-20-8-6-18-45(47)54)41-14-11-13-38(32-41)40-28-31-53-48(33-40)43-16-9-10-21-52(43)58-53;1-51(2)45-27-26-34(30-44(45)50-36-16-6-4-14-32(36)25-28-46(50)51)48-39-19-9-11-21-41(39)49(42-22-12-10-20-40(42)48)43-29-33-24-23-31-13-3-5-15-35(31)47(33)38-18-8-7-17-37(38)43/h3-34H,1-2H3;3-30H,1-2H3. The van der Waals surface area contributed by atoms with Crippen LogP contribution in [0.15, 0.2) is 368 Å².